The minimum absolute atomic E-state index is 0.268. The number of piperidine rings is 1. The fourth-order valence-electron chi connectivity index (χ4n) is 2.93. The van der Waals surface area contributed by atoms with Crippen molar-refractivity contribution < 1.29 is 14.3 Å². The molecular weight excluding hydrogens is 278 g/mol. The normalized spacial score (nSPS) is 22.6. The molecule has 0 aliphatic carbocycles. The van der Waals surface area contributed by atoms with Crippen molar-refractivity contribution in [3.05, 3.63) is 48.2 Å². The Morgan fingerprint density at radius 2 is 2.00 bits per heavy atom. The van der Waals surface area contributed by atoms with Gasteiger partial charge in [-0.3, -0.25) is 4.90 Å². The highest BCUT2D eigenvalue weighted by molar-refractivity contribution is 5.26. The molecule has 118 valence electrons. The van der Waals surface area contributed by atoms with Gasteiger partial charge in [0.15, 0.2) is 0 Å². The molecule has 2 atom stereocenters. The van der Waals surface area contributed by atoms with Crippen LogP contribution in [0.4, 0.5) is 0 Å². The van der Waals surface area contributed by atoms with Crippen LogP contribution in [0.3, 0.4) is 0 Å². The van der Waals surface area contributed by atoms with Crippen molar-refractivity contribution in [2.75, 3.05) is 13.2 Å². The summed E-state index contributed by atoms with van der Waals surface area (Å²) in [6.45, 7) is 4.19. The molecule has 1 aromatic heterocycles. The summed E-state index contributed by atoms with van der Waals surface area (Å²) in [7, 11) is 0. The first-order valence-electron chi connectivity index (χ1n) is 7.91. The lowest BCUT2D eigenvalue weighted by atomic mass is 9.94. The highest BCUT2D eigenvalue weighted by Gasteiger charge is 2.25. The standard InChI is InChI=1S/C18H23NO3/c1-14-7-8-15(13-20)11-19(14)12-17-9-10-18(22-17)21-16-5-3-2-4-6-16/h2-6,9-10,14-15,20H,7-8,11-13H2,1H3. The molecular formula is C18H23NO3. The average Bonchev–Trinajstić information content (AvgIpc) is 2.97. The Labute approximate surface area is 131 Å². The lowest BCUT2D eigenvalue weighted by Crippen LogP contribution is -2.42. The molecule has 0 radical (unpaired) electrons. The Balaban J connectivity index is 1.61. The Bertz CT molecular complexity index is 581. The van der Waals surface area contributed by atoms with Crippen molar-refractivity contribution in [2.24, 2.45) is 5.92 Å². The number of nitrogens with zero attached hydrogens (tertiary/aromatic N) is 1. The lowest BCUT2D eigenvalue weighted by Gasteiger charge is -2.36. The zero-order valence-electron chi connectivity index (χ0n) is 12.9. The molecule has 4 heteroatoms. The number of ether oxygens (including phenoxy) is 1. The van der Waals surface area contributed by atoms with Gasteiger partial charge in [-0.25, -0.2) is 0 Å². The van der Waals surface area contributed by atoms with Crippen molar-refractivity contribution in [1.82, 2.24) is 4.90 Å². The first kappa shape index (κ1) is 15.1. The summed E-state index contributed by atoms with van der Waals surface area (Å²) >= 11 is 0. The maximum Gasteiger partial charge on any atom is 0.290 e. The second kappa shape index (κ2) is 6.99. The van der Waals surface area contributed by atoms with Gasteiger partial charge in [0.25, 0.3) is 5.95 Å². The summed E-state index contributed by atoms with van der Waals surface area (Å²) in [6, 6.07) is 14.0. The Hall–Kier alpha value is -1.78. The molecule has 2 unspecified atom stereocenters. The molecule has 1 saturated heterocycles. The molecule has 2 aromatic rings. The van der Waals surface area contributed by atoms with Crippen LogP contribution in [0.5, 0.6) is 11.7 Å². The minimum Gasteiger partial charge on any atom is -0.429 e. The number of hydrogen-bond donors (Lipinski definition) is 1. The van der Waals surface area contributed by atoms with Gasteiger partial charge in [-0.05, 0) is 43.9 Å². The van der Waals surface area contributed by atoms with Gasteiger partial charge in [0.1, 0.15) is 11.5 Å². The number of rotatable bonds is 5. The van der Waals surface area contributed by atoms with E-state index in [0.717, 1.165) is 37.4 Å². The first-order chi connectivity index (χ1) is 10.7. The van der Waals surface area contributed by atoms with Crippen molar-refractivity contribution in [3.8, 4) is 11.7 Å². The number of furan rings is 1. The number of para-hydroxylation sites is 1. The van der Waals surface area contributed by atoms with Crippen molar-refractivity contribution in [1.29, 1.82) is 0 Å². The van der Waals surface area contributed by atoms with Crippen molar-refractivity contribution >= 4 is 0 Å². The molecule has 3 rings (SSSR count). The van der Waals surface area contributed by atoms with Crippen LogP contribution >= 0.6 is 0 Å². The van der Waals surface area contributed by atoms with E-state index in [1.807, 2.05) is 42.5 Å². The molecule has 0 bridgehead atoms. The molecule has 0 spiro atoms. The van der Waals surface area contributed by atoms with Gasteiger partial charge >= 0.3 is 0 Å². The van der Waals surface area contributed by atoms with E-state index in [-0.39, 0.29) is 6.61 Å². The summed E-state index contributed by atoms with van der Waals surface area (Å²) in [5.41, 5.74) is 0. The predicted molar refractivity (Wildman–Crippen MR) is 84.9 cm³/mol. The van der Waals surface area contributed by atoms with E-state index in [4.69, 9.17) is 9.15 Å². The number of aliphatic hydroxyl groups is 1. The second-order valence-electron chi connectivity index (χ2n) is 6.04. The molecule has 4 nitrogen and oxygen atoms in total. The molecule has 1 N–H and O–H groups in total. The lowest BCUT2D eigenvalue weighted by molar-refractivity contribution is 0.0711. The minimum atomic E-state index is 0.268. The van der Waals surface area contributed by atoms with Crippen LogP contribution in [-0.4, -0.2) is 29.2 Å². The highest BCUT2D eigenvalue weighted by Crippen LogP contribution is 2.27. The molecule has 1 aliphatic rings. The SMILES string of the molecule is CC1CCC(CO)CN1Cc1ccc(Oc2ccccc2)o1. The number of hydrogen-bond acceptors (Lipinski definition) is 4. The van der Waals surface area contributed by atoms with E-state index in [1.165, 1.54) is 0 Å². The zero-order valence-corrected chi connectivity index (χ0v) is 12.9. The molecule has 2 heterocycles. The van der Waals surface area contributed by atoms with E-state index >= 15 is 0 Å². The first-order valence-corrected chi connectivity index (χ1v) is 7.91. The fourth-order valence-corrected chi connectivity index (χ4v) is 2.93. The van der Waals surface area contributed by atoms with Crippen LogP contribution in [0.15, 0.2) is 46.9 Å². The third-order valence-corrected chi connectivity index (χ3v) is 4.32. The van der Waals surface area contributed by atoms with E-state index < -0.39 is 0 Å². The molecule has 1 aromatic carbocycles. The van der Waals surface area contributed by atoms with Crippen molar-refractivity contribution in [2.45, 2.75) is 32.4 Å². The van der Waals surface area contributed by atoms with Gasteiger partial charge in [-0.15, -0.1) is 0 Å². The van der Waals surface area contributed by atoms with E-state index in [2.05, 4.69) is 11.8 Å². The van der Waals surface area contributed by atoms with E-state index in [1.54, 1.807) is 0 Å². The number of likely N-dealkylation sites (tertiary alicyclic amines) is 1. The van der Waals surface area contributed by atoms with Crippen LogP contribution in [-0.2, 0) is 6.54 Å². The van der Waals surface area contributed by atoms with Crippen LogP contribution in [0.1, 0.15) is 25.5 Å². The van der Waals surface area contributed by atoms with Crippen molar-refractivity contribution in [3.63, 3.8) is 0 Å². The average molecular weight is 301 g/mol. The van der Waals surface area contributed by atoms with Crippen LogP contribution < -0.4 is 4.74 Å². The summed E-state index contributed by atoms with van der Waals surface area (Å²) in [5.74, 6) is 2.57. The fraction of sp³-hybridized carbons (Fsp3) is 0.444. The van der Waals surface area contributed by atoms with E-state index in [0.29, 0.717) is 17.9 Å². The smallest absolute Gasteiger partial charge is 0.290 e. The molecule has 1 fully saturated rings. The number of benzene rings is 1. The Kier molecular flexibility index (Phi) is 4.80. The van der Waals surface area contributed by atoms with Gasteiger partial charge in [-0.1, -0.05) is 18.2 Å². The third-order valence-electron chi connectivity index (χ3n) is 4.32. The third kappa shape index (κ3) is 3.70. The van der Waals surface area contributed by atoms with Gasteiger partial charge in [0.2, 0.25) is 0 Å². The molecule has 22 heavy (non-hydrogen) atoms. The topological polar surface area (TPSA) is 45.8 Å². The van der Waals surface area contributed by atoms with Crippen LogP contribution in [0.2, 0.25) is 0 Å². The maximum atomic E-state index is 9.36. The van der Waals surface area contributed by atoms with Gasteiger partial charge < -0.3 is 14.3 Å². The van der Waals surface area contributed by atoms with E-state index in [9.17, 15) is 5.11 Å². The van der Waals surface area contributed by atoms with Gasteiger partial charge in [0.05, 0.1) is 6.54 Å². The monoisotopic (exact) mass is 301 g/mol. The van der Waals surface area contributed by atoms with Crippen LogP contribution in [0.25, 0.3) is 0 Å². The quantitative estimate of drug-likeness (QED) is 0.915. The van der Waals surface area contributed by atoms with Gasteiger partial charge in [-0.2, -0.15) is 0 Å². The second-order valence-corrected chi connectivity index (χ2v) is 6.04. The summed E-state index contributed by atoms with van der Waals surface area (Å²) in [6.07, 6.45) is 2.23. The van der Waals surface area contributed by atoms with Crippen LogP contribution in [0, 0.1) is 5.92 Å². The summed E-state index contributed by atoms with van der Waals surface area (Å²) in [5, 5.41) is 9.36. The number of aliphatic hydroxyl groups excluding tert-OH is 1. The Morgan fingerprint density at radius 1 is 1.18 bits per heavy atom. The highest BCUT2D eigenvalue weighted by atomic mass is 16.6. The predicted octanol–water partition coefficient (Wildman–Crippen LogP) is 3.66. The maximum absolute atomic E-state index is 9.36. The summed E-state index contributed by atoms with van der Waals surface area (Å²) in [4.78, 5) is 2.37. The molecule has 1 aliphatic heterocycles. The molecule has 0 saturated carbocycles. The largest absolute Gasteiger partial charge is 0.429 e. The zero-order chi connectivity index (χ0) is 15.4. The Morgan fingerprint density at radius 3 is 2.77 bits per heavy atom. The van der Waals surface area contributed by atoms with Gasteiger partial charge in [0, 0.05) is 25.3 Å². The summed E-state index contributed by atoms with van der Waals surface area (Å²) < 4.78 is 11.5. The molecule has 0 amide bonds.